The highest BCUT2D eigenvalue weighted by atomic mass is 16.5. The van der Waals surface area contributed by atoms with Crippen LogP contribution < -0.4 is 0 Å². The summed E-state index contributed by atoms with van der Waals surface area (Å²) < 4.78 is 10.9. The lowest BCUT2D eigenvalue weighted by Gasteiger charge is -2.42. The Morgan fingerprint density at radius 3 is 3.17 bits per heavy atom. The zero-order chi connectivity index (χ0) is 12.6. The van der Waals surface area contributed by atoms with Crippen LogP contribution in [0.15, 0.2) is 10.6 Å². The molecule has 0 unspecified atom stereocenters. The van der Waals surface area contributed by atoms with E-state index in [0.29, 0.717) is 0 Å². The van der Waals surface area contributed by atoms with E-state index >= 15 is 0 Å². The predicted octanol–water partition coefficient (Wildman–Crippen LogP) is 1.10. The van der Waals surface area contributed by atoms with Gasteiger partial charge in [0.1, 0.15) is 11.4 Å². The molecule has 0 bridgehead atoms. The molecule has 1 aromatic heterocycles. The second kappa shape index (κ2) is 4.64. The molecule has 5 heteroatoms. The van der Waals surface area contributed by atoms with Gasteiger partial charge in [0, 0.05) is 32.3 Å². The molecule has 0 saturated carbocycles. The third kappa shape index (κ3) is 2.18. The number of hydrogen-bond acceptors (Lipinski definition) is 5. The number of nitrogens with zero attached hydrogens (tertiary/aromatic N) is 2. The van der Waals surface area contributed by atoms with Crippen molar-refractivity contribution in [3.63, 3.8) is 0 Å². The molecule has 0 aliphatic carbocycles. The molecular weight excluding hydrogens is 232 g/mol. The number of aliphatic hydroxyl groups excluding tert-OH is 1. The van der Waals surface area contributed by atoms with Gasteiger partial charge in [-0.05, 0) is 26.2 Å². The van der Waals surface area contributed by atoms with Crippen molar-refractivity contribution in [2.45, 2.75) is 44.4 Å². The molecule has 2 atom stereocenters. The van der Waals surface area contributed by atoms with Gasteiger partial charge in [0.25, 0.3) is 0 Å². The van der Waals surface area contributed by atoms with Crippen molar-refractivity contribution in [3.8, 4) is 0 Å². The summed E-state index contributed by atoms with van der Waals surface area (Å²) in [6.45, 7) is 5.12. The quantitative estimate of drug-likeness (QED) is 0.854. The molecule has 18 heavy (non-hydrogen) atoms. The normalized spacial score (nSPS) is 33.3. The van der Waals surface area contributed by atoms with E-state index in [4.69, 9.17) is 9.26 Å². The van der Waals surface area contributed by atoms with E-state index in [1.54, 1.807) is 0 Å². The van der Waals surface area contributed by atoms with E-state index in [0.717, 1.165) is 57.0 Å². The van der Waals surface area contributed by atoms with Crippen molar-refractivity contribution in [1.82, 2.24) is 10.1 Å². The van der Waals surface area contributed by atoms with Crippen LogP contribution in [0.5, 0.6) is 0 Å². The van der Waals surface area contributed by atoms with Gasteiger partial charge >= 0.3 is 0 Å². The molecule has 100 valence electrons. The number of likely N-dealkylation sites (tertiary alicyclic amines) is 1. The van der Waals surface area contributed by atoms with Crippen LogP contribution >= 0.6 is 0 Å². The molecule has 2 aliphatic rings. The summed E-state index contributed by atoms with van der Waals surface area (Å²) in [5.41, 5.74) is 0.619. The van der Waals surface area contributed by atoms with Gasteiger partial charge in [0.05, 0.1) is 11.8 Å². The Morgan fingerprint density at radius 1 is 1.61 bits per heavy atom. The minimum atomic E-state index is -0.336. The predicted molar refractivity (Wildman–Crippen MR) is 65.1 cm³/mol. The molecule has 2 aliphatic heterocycles. The zero-order valence-electron chi connectivity index (χ0n) is 10.8. The number of ether oxygens (including phenoxy) is 1. The molecule has 5 nitrogen and oxygen atoms in total. The minimum absolute atomic E-state index is 0.324. The van der Waals surface area contributed by atoms with Crippen molar-refractivity contribution in [2.24, 2.45) is 0 Å². The Balaban J connectivity index is 1.67. The van der Waals surface area contributed by atoms with Crippen LogP contribution in [0.1, 0.15) is 30.7 Å². The molecule has 1 spiro atoms. The first-order valence-electron chi connectivity index (χ1n) is 6.64. The Morgan fingerprint density at radius 2 is 2.50 bits per heavy atom. The molecule has 2 fully saturated rings. The fourth-order valence-corrected chi connectivity index (χ4v) is 3.09. The lowest BCUT2D eigenvalue weighted by atomic mass is 9.87. The molecular formula is C13H20N2O3. The molecule has 1 N–H and O–H groups in total. The van der Waals surface area contributed by atoms with Crippen molar-refractivity contribution in [1.29, 1.82) is 0 Å². The van der Waals surface area contributed by atoms with E-state index in [9.17, 15) is 5.11 Å². The van der Waals surface area contributed by atoms with Gasteiger partial charge in [0.2, 0.25) is 0 Å². The SMILES string of the molecule is Cc1cc(CN2CC[C@H](O)[C@]3(CCCO3)C2)no1. The van der Waals surface area contributed by atoms with Crippen LogP contribution in [0, 0.1) is 6.92 Å². The van der Waals surface area contributed by atoms with Gasteiger partial charge in [-0.1, -0.05) is 5.16 Å². The number of piperidine rings is 1. The van der Waals surface area contributed by atoms with Crippen molar-refractivity contribution >= 4 is 0 Å². The standard InChI is InChI=1S/C13H20N2O3/c1-10-7-11(14-18-10)8-15-5-3-12(16)13(9-15)4-2-6-17-13/h7,12,16H,2-6,8-9H2,1H3/t12-,13-/m0/s1. The monoisotopic (exact) mass is 252 g/mol. The van der Waals surface area contributed by atoms with Crippen molar-refractivity contribution in [3.05, 3.63) is 17.5 Å². The third-order valence-corrected chi connectivity index (χ3v) is 4.01. The number of hydrogen-bond donors (Lipinski definition) is 1. The Hall–Kier alpha value is -0.910. The zero-order valence-corrected chi connectivity index (χ0v) is 10.8. The summed E-state index contributed by atoms with van der Waals surface area (Å²) in [6, 6.07) is 1.97. The highest BCUT2D eigenvalue weighted by Crippen LogP contribution is 2.35. The number of rotatable bonds is 2. The molecule has 1 aromatic rings. The highest BCUT2D eigenvalue weighted by Gasteiger charge is 2.46. The van der Waals surface area contributed by atoms with Crippen LogP contribution in [-0.2, 0) is 11.3 Å². The molecule has 0 aromatic carbocycles. The van der Waals surface area contributed by atoms with Gasteiger partial charge in [-0.2, -0.15) is 0 Å². The molecule has 0 radical (unpaired) electrons. The maximum absolute atomic E-state index is 10.2. The number of aromatic nitrogens is 1. The summed E-state index contributed by atoms with van der Waals surface area (Å²) in [5.74, 6) is 0.842. The summed E-state index contributed by atoms with van der Waals surface area (Å²) in [6.07, 6.45) is 2.46. The first kappa shape index (κ1) is 12.1. The summed E-state index contributed by atoms with van der Waals surface area (Å²) >= 11 is 0. The first-order chi connectivity index (χ1) is 8.68. The van der Waals surface area contributed by atoms with Gasteiger partial charge in [-0.25, -0.2) is 0 Å². The summed E-state index contributed by atoms with van der Waals surface area (Å²) in [5, 5.41) is 14.2. The van der Waals surface area contributed by atoms with E-state index in [-0.39, 0.29) is 11.7 Å². The fourth-order valence-electron chi connectivity index (χ4n) is 3.09. The van der Waals surface area contributed by atoms with Crippen molar-refractivity contribution < 1.29 is 14.4 Å². The second-order valence-electron chi connectivity index (χ2n) is 5.46. The van der Waals surface area contributed by atoms with Crippen LogP contribution in [0.2, 0.25) is 0 Å². The average molecular weight is 252 g/mol. The van der Waals surface area contributed by atoms with Gasteiger partial charge in [-0.15, -0.1) is 0 Å². The van der Waals surface area contributed by atoms with Crippen LogP contribution in [0.25, 0.3) is 0 Å². The van der Waals surface area contributed by atoms with Gasteiger partial charge < -0.3 is 14.4 Å². The Bertz CT molecular complexity index is 412. The Kier molecular flexibility index (Phi) is 3.13. The first-order valence-corrected chi connectivity index (χ1v) is 6.64. The van der Waals surface area contributed by atoms with Crippen LogP contribution in [-0.4, -0.2) is 46.6 Å². The van der Waals surface area contributed by atoms with E-state index in [2.05, 4.69) is 10.1 Å². The fraction of sp³-hybridized carbons (Fsp3) is 0.769. The number of aryl methyl sites for hydroxylation is 1. The topological polar surface area (TPSA) is 58.7 Å². The van der Waals surface area contributed by atoms with E-state index in [1.165, 1.54) is 0 Å². The van der Waals surface area contributed by atoms with Crippen LogP contribution in [0.4, 0.5) is 0 Å². The minimum Gasteiger partial charge on any atom is -0.390 e. The van der Waals surface area contributed by atoms with Crippen molar-refractivity contribution in [2.75, 3.05) is 19.7 Å². The molecule has 2 saturated heterocycles. The van der Waals surface area contributed by atoms with Gasteiger partial charge in [-0.3, -0.25) is 4.90 Å². The van der Waals surface area contributed by atoms with Crippen LogP contribution in [0.3, 0.4) is 0 Å². The highest BCUT2D eigenvalue weighted by molar-refractivity contribution is 5.05. The maximum atomic E-state index is 10.2. The largest absolute Gasteiger partial charge is 0.390 e. The summed E-state index contributed by atoms with van der Waals surface area (Å²) in [7, 11) is 0. The van der Waals surface area contributed by atoms with E-state index in [1.807, 2.05) is 13.0 Å². The Labute approximate surface area is 107 Å². The maximum Gasteiger partial charge on any atom is 0.133 e. The molecule has 3 heterocycles. The average Bonchev–Trinajstić information content (AvgIpc) is 2.95. The molecule has 0 amide bonds. The van der Waals surface area contributed by atoms with Gasteiger partial charge in [0.15, 0.2) is 0 Å². The second-order valence-corrected chi connectivity index (χ2v) is 5.46. The lowest BCUT2D eigenvalue weighted by molar-refractivity contribution is -0.132. The molecule has 3 rings (SSSR count). The van der Waals surface area contributed by atoms with E-state index < -0.39 is 0 Å². The third-order valence-electron chi connectivity index (χ3n) is 4.01. The smallest absolute Gasteiger partial charge is 0.133 e. The summed E-state index contributed by atoms with van der Waals surface area (Å²) in [4.78, 5) is 2.30. The lowest BCUT2D eigenvalue weighted by Crippen LogP contribution is -2.56. The number of aliphatic hydroxyl groups is 1.